The Morgan fingerprint density at radius 3 is 2.95 bits per heavy atom. The van der Waals surface area contributed by atoms with Gasteiger partial charge in [0.2, 0.25) is 0 Å². The number of likely N-dealkylation sites (tertiary alicyclic amines) is 1. The molecule has 0 radical (unpaired) electrons. The highest BCUT2D eigenvalue weighted by molar-refractivity contribution is 14.0. The molecular formula is C14H20BrFIN3. The molecule has 20 heavy (non-hydrogen) atoms. The minimum atomic E-state index is -0.266. The van der Waals surface area contributed by atoms with Crippen molar-refractivity contribution in [2.45, 2.75) is 26.3 Å². The van der Waals surface area contributed by atoms with Gasteiger partial charge in [-0.25, -0.2) is 9.38 Å². The maximum atomic E-state index is 13.4. The van der Waals surface area contributed by atoms with Crippen LogP contribution in [0.4, 0.5) is 4.39 Å². The molecule has 0 bridgehead atoms. The van der Waals surface area contributed by atoms with Crippen molar-refractivity contribution in [3.8, 4) is 0 Å². The average molecular weight is 456 g/mol. The maximum absolute atomic E-state index is 13.4. The summed E-state index contributed by atoms with van der Waals surface area (Å²) in [4.78, 5) is 6.48. The summed E-state index contributed by atoms with van der Waals surface area (Å²) >= 11 is 3.13. The molecule has 0 aromatic heterocycles. The molecule has 2 rings (SSSR count). The van der Waals surface area contributed by atoms with Gasteiger partial charge in [0, 0.05) is 13.1 Å². The van der Waals surface area contributed by atoms with Crippen LogP contribution in [-0.2, 0) is 6.54 Å². The minimum absolute atomic E-state index is 0. The largest absolute Gasteiger partial charge is 0.370 e. The molecule has 1 aromatic rings. The first-order valence-corrected chi connectivity index (χ1v) is 7.34. The van der Waals surface area contributed by atoms with Gasteiger partial charge in [0.05, 0.1) is 11.0 Å². The molecule has 1 fully saturated rings. The Morgan fingerprint density at radius 2 is 2.30 bits per heavy atom. The molecule has 1 aliphatic heterocycles. The van der Waals surface area contributed by atoms with Crippen LogP contribution in [0.3, 0.4) is 0 Å². The number of guanidine groups is 1. The molecule has 112 valence electrons. The standard InChI is InChI=1S/C14H19BrFN3.HI/c1-10-3-2-6-19(9-10)14(17)18-8-11-4-5-12(15)13(16)7-11;/h4-5,7,10H,2-3,6,8-9H2,1H3,(H2,17,18);1H. The highest BCUT2D eigenvalue weighted by atomic mass is 127. The second kappa shape index (κ2) is 8.17. The zero-order valence-electron chi connectivity index (χ0n) is 11.5. The van der Waals surface area contributed by atoms with E-state index in [1.54, 1.807) is 6.07 Å². The van der Waals surface area contributed by atoms with Crippen molar-refractivity contribution in [2.75, 3.05) is 13.1 Å². The summed E-state index contributed by atoms with van der Waals surface area (Å²) in [6.45, 7) is 4.57. The highest BCUT2D eigenvalue weighted by Crippen LogP contribution is 2.17. The van der Waals surface area contributed by atoms with Gasteiger partial charge in [-0.05, 0) is 52.4 Å². The Labute approximate surface area is 145 Å². The van der Waals surface area contributed by atoms with Gasteiger partial charge in [-0.2, -0.15) is 0 Å². The quantitative estimate of drug-likeness (QED) is 0.419. The summed E-state index contributed by atoms with van der Waals surface area (Å²) in [7, 11) is 0. The van der Waals surface area contributed by atoms with Crippen molar-refractivity contribution >= 4 is 45.9 Å². The van der Waals surface area contributed by atoms with E-state index in [2.05, 4.69) is 32.7 Å². The van der Waals surface area contributed by atoms with E-state index in [4.69, 9.17) is 5.73 Å². The lowest BCUT2D eigenvalue weighted by Crippen LogP contribution is -2.43. The first-order chi connectivity index (χ1) is 9.06. The summed E-state index contributed by atoms with van der Waals surface area (Å²) < 4.78 is 13.8. The first-order valence-electron chi connectivity index (χ1n) is 6.55. The zero-order valence-corrected chi connectivity index (χ0v) is 15.4. The number of benzene rings is 1. The lowest BCUT2D eigenvalue weighted by molar-refractivity contribution is 0.270. The molecule has 1 aromatic carbocycles. The van der Waals surface area contributed by atoms with Gasteiger partial charge < -0.3 is 10.6 Å². The lowest BCUT2D eigenvalue weighted by Gasteiger charge is -2.31. The number of nitrogens with zero attached hydrogens (tertiary/aromatic N) is 2. The summed E-state index contributed by atoms with van der Waals surface area (Å²) in [5, 5.41) is 0. The highest BCUT2D eigenvalue weighted by Gasteiger charge is 2.17. The van der Waals surface area contributed by atoms with E-state index >= 15 is 0 Å². The second-order valence-corrected chi connectivity index (χ2v) is 5.97. The van der Waals surface area contributed by atoms with Gasteiger partial charge >= 0.3 is 0 Å². The van der Waals surface area contributed by atoms with Crippen LogP contribution in [0, 0.1) is 11.7 Å². The smallest absolute Gasteiger partial charge is 0.191 e. The minimum Gasteiger partial charge on any atom is -0.370 e. The third-order valence-electron chi connectivity index (χ3n) is 3.39. The monoisotopic (exact) mass is 455 g/mol. The SMILES string of the molecule is CC1CCCN(C(N)=NCc2ccc(Br)c(F)c2)C1.I. The number of hydrogen-bond acceptors (Lipinski definition) is 1. The third kappa shape index (κ3) is 4.87. The van der Waals surface area contributed by atoms with E-state index in [0.29, 0.717) is 22.9 Å². The van der Waals surface area contributed by atoms with Crippen LogP contribution in [0.25, 0.3) is 0 Å². The lowest BCUT2D eigenvalue weighted by atomic mass is 10.0. The van der Waals surface area contributed by atoms with Gasteiger partial charge in [0.1, 0.15) is 5.82 Å². The number of aliphatic imine (C=N–C) groups is 1. The Kier molecular flexibility index (Phi) is 7.22. The maximum Gasteiger partial charge on any atom is 0.191 e. The Bertz CT molecular complexity index is 481. The van der Waals surface area contributed by atoms with Crippen molar-refractivity contribution in [3.05, 3.63) is 34.1 Å². The number of piperidine rings is 1. The summed E-state index contributed by atoms with van der Waals surface area (Å²) in [5.74, 6) is 0.959. The fourth-order valence-corrected chi connectivity index (χ4v) is 2.55. The topological polar surface area (TPSA) is 41.6 Å². The Balaban J connectivity index is 0.00000200. The van der Waals surface area contributed by atoms with Crippen LogP contribution in [0.1, 0.15) is 25.3 Å². The van der Waals surface area contributed by atoms with Gasteiger partial charge in [-0.3, -0.25) is 0 Å². The van der Waals surface area contributed by atoms with Crippen LogP contribution >= 0.6 is 39.9 Å². The van der Waals surface area contributed by atoms with E-state index in [9.17, 15) is 4.39 Å². The van der Waals surface area contributed by atoms with Crippen molar-refractivity contribution in [3.63, 3.8) is 0 Å². The number of hydrogen-bond donors (Lipinski definition) is 1. The molecule has 2 N–H and O–H groups in total. The number of halogens is 3. The molecule has 0 spiro atoms. The van der Waals surface area contributed by atoms with E-state index in [1.165, 1.54) is 12.5 Å². The first kappa shape index (κ1) is 17.7. The van der Waals surface area contributed by atoms with Crippen molar-refractivity contribution in [1.82, 2.24) is 4.90 Å². The molecule has 0 saturated carbocycles. The molecule has 0 aliphatic carbocycles. The molecule has 1 saturated heterocycles. The zero-order chi connectivity index (χ0) is 13.8. The van der Waals surface area contributed by atoms with Crippen molar-refractivity contribution in [1.29, 1.82) is 0 Å². The Morgan fingerprint density at radius 1 is 1.55 bits per heavy atom. The molecule has 3 nitrogen and oxygen atoms in total. The predicted octanol–water partition coefficient (Wildman–Crippen LogP) is 3.75. The summed E-state index contributed by atoms with van der Waals surface area (Å²) in [5.41, 5.74) is 6.83. The van der Waals surface area contributed by atoms with Crippen LogP contribution < -0.4 is 5.73 Å². The predicted molar refractivity (Wildman–Crippen MR) is 94.8 cm³/mol. The summed E-state index contributed by atoms with van der Waals surface area (Å²) in [6, 6.07) is 5.03. The van der Waals surface area contributed by atoms with E-state index in [1.807, 2.05) is 6.07 Å². The normalized spacial score (nSPS) is 19.6. The van der Waals surface area contributed by atoms with E-state index in [-0.39, 0.29) is 29.8 Å². The molecule has 0 amide bonds. The second-order valence-electron chi connectivity index (χ2n) is 5.12. The molecule has 1 aliphatic rings. The average Bonchev–Trinajstić information content (AvgIpc) is 2.40. The fourth-order valence-electron chi connectivity index (χ4n) is 2.31. The molecule has 1 unspecified atom stereocenters. The molecule has 1 heterocycles. The number of nitrogens with two attached hydrogens (primary N) is 1. The van der Waals surface area contributed by atoms with Gasteiger partial charge in [-0.15, -0.1) is 24.0 Å². The Hall–Kier alpha value is -0.370. The van der Waals surface area contributed by atoms with Gasteiger partial charge in [0.15, 0.2) is 5.96 Å². The molecule has 6 heteroatoms. The van der Waals surface area contributed by atoms with Crippen molar-refractivity contribution < 1.29 is 4.39 Å². The van der Waals surface area contributed by atoms with Crippen LogP contribution in [0.5, 0.6) is 0 Å². The van der Waals surface area contributed by atoms with Gasteiger partial charge in [0.25, 0.3) is 0 Å². The molecule has 1 atom stereocenters. The van der Waals surface area contributed by atoms with Crippen LogP contribution in [0.2, 0.25) is 0 Å². The van der Waals surface area contributed by atoms with E-state index in [0.717, 1.165) is 25.1 Å². The summed E-state index contributed by atoms with van der Waals surface area (Å²) in [6.07, 6.45) is 2.41. The van der Waals surface area contributed by atoms with Crippen LogP contribution in [0.15, 0.2) is 27.7 Å². The van der Waals surface area contributed by atoms with Gasteiger partial charge in [-0.1, -0.05) is 13.0 Å². The number of rotatable bonds is 2. The van der Waals surface area contributed by atoms with Crippen molar-refractivity contribution in [2.24, 2.45) is 16.6 Å². The molecular weight excluding hydrogens is 436 g/mol. The fraction of sp³-hybridized carbons (Fsp3) is 0.500. The van der Waals surface area contributed by atoms with Crippen LogP contribution in [-0.4, -0.2) is 23.9 Å². The van der Waals surface area contributed by atoms with E-state index < -0.39 is 0 Å². The third-order valence-corrected chi connectivity index (χ3v) is 4.03.